The van der Waals surface area contributed by atoms with Crippen LogP contribution < -0.4 is 0 Å². The fourth-order valence-electron chi connectivity index (χ4n) is 5.47. The van der Waals surface area contributed by atoms with Crippen molar-refractivity contribution < 1.29 is 4.79 Å². The maximum atomic E-state index is 14.0. The smallest absolute Gasteiger partial charge is 0.235 e. The van der Waals surface area contributed by atoms with E-state index in [0.717, 1.165) is 28.8 Å². The lowest BCUT2D eigenvalue weighted by atomic mass is 9.63. The third-order valence-electron chi connectivity index (χ3n) is 7.58. The Morgan fingerprint density at radius 3 is 2.10 bits per heavy atom. The molecule has 0 spiro atoms. The first-order valence-corrected chi connectivity index (χ1v) is 10.1. The summed E-state index contributed by atoms with van der Waals surface area (Å²) in [7, 11) is 0. The minimum absolute atomic E-state index is 0.0138. The Bertz CT molecular complexity index is 1060. The molecular formula is C23H25N5O. The lowest BCUT2D eigenvalue weighted by molar-refractivity contribution is -0.141. The van der Waals surface area contributed by atoms with E-state index in [1.807, 2.05) is 24.3 Å². The number of para-hydroxylation sites is 2. The number of hydrogen-bond donors (Lipinski definition) is 0. The first-order chi connectivity index (χ1) is 13.8. The van der Waals surface area contributed by atoms with E-state index in [-0.39, 0.29) is 29.6 Å². The quantitative estimate of drug-likeness (QED) is 0.781. The van der Waals surface area contributed by atoms with E-state index in [4.69, 9.17) is 20.5 Å². The molecule has 1 aromatic carbocycles. The van der Waals surface area contributed by atoms with Gasteiger partial charge in [-0.2, -0.15) is 10.5 Å². The van der Waals surface area contributed by atoms with E-state index in [0.29, 0.717) is 19.5 Å². The van der Waals surface area contributed by atoms with Crippen LogP contribution in [0.4, 0.5) is 0 Å². The molecule has 148 valence electrons. The summed E-state index contributed by atoms with van der Waals surface area (Å²) in [4.78, 5) is 25.7. The van der Waals surface area contributed by atoms with Crippen molar-refractivity contribution in [2.75, 3.05) is 13.1 Å². The second kappa shape index (κ2) is 6.52. The molecule has 6 heteroatoms. The molecule has 4 rings (SSSR count). The summed E-state index contributed by atoms with van der Waals surface area (Å²) in [5.74, 6) is -0.0138. The van der Waals surface area contributed by atoms with Crippen LogP contribution >= 0.6 is 0 Å². The highest BCUT2D eigenvalue weighted by Gasteiger charge is 2.73. The van der Waals surface area contributed by atoms with Crippen molar-refractivity contribution in [1.29, 1.82) is 10.5 Å². The highest BCUT2D eigenvalue weighted by molar-refractivity contribution is 5.93. The third-order valence-corrected chi connectivity index (χ3v) is 7.58. The van der Waals surface area contributed by atoms with Crippen LogP contribution in [0.15, 0.2) is 24.3 Å². The molecule has 29 heavy (non-hydrogen) atoms. The van der Waals surface area contributed by atoms with Crippen LogP contribution in [0.2, 0.25) is 0 Å². The van der Waals surface area contributed by atoms with Crippen LogP contribution in [0.5, 0.6) is 0 Å². The van der Waals surface area contributed by atoms with Gasteiger partial charge in [0.2, 0.25) is 5.91 Å². The number of fused-ring (bicyclic) bond motifs is 6. The van der Waals surface area contributed by atoms with Gasteiger partial charge in [-0.05, 0) is 30.4 Å². The van der Waals surface area contributed by atoms with Crippen molar-refractivity contribution in [1.82, 2.24) is 14.9 Å². The Labute approximate surface area is 171 Å². The number of nitrogens with zero attached hydrogens (tertiary/aromatic N) is 5. The summed E-state index contributed by atoms with van der Waals surface area (Å²) < 4.78 is 0. The predicted molar refractivity (Wildman–Crippen MR) is 109 cm³/mol. The zero-order valence-electron chi connectivity index (χ0n) is 17.2. The van der Waals surface area contributed by atoms with Gasteiger partial charge in [-0.3, -0.25) is 4.79 Å². The molecule has 1 saturated carbocycles. The van der Waals surface area contributed by atoms with Gasteiger partial charge in [0.05, 0.1) is 52.8 Å². The van der Waals surface area contributed by atoms with E-state index >= 15 is 0 Å². The molecule has 2 atom stereocenters. The Morgan fingerprint density at radius 2 is 1.55 bits per heavy atom. The largest absolute Gasteiger partial charge is 0.340 e. The summed E-state index contributed by atoms with van der Waals surface area (Å²) in [6.45, 7) is 7.17. The van der Waals surface area contributed by atoms with Crippen LogP contribution in [-0.4, -0.2) is 33.9 Å². The summed E-state index contributed by atoms with van der Waals surface area (Å²) >= 11 is 0. The van der Waals surface area contributed by atoms with Gasteiger partial charge in [-0.15, -0.1) is 0 Å². The number of carbonyl (C=O) groups excluding carboxylic acids is 1. The molecule has 0 radical (unpaired) electrons. The average Bonchev–Trinajstić information content (AvgIpc) is 3.01. The Morgan fingerprint density at radius 1 is 1.00 bits per heavy atom. The first kappa shape index (κ1) is 19.3. The van der Waals surface area contributed by atoms with Crippen molar-refractivity contribution in [3.8, 4) is 12.1 Å². The lowest BCUT2D eigenvalue weighted by Crippen LogP contribution is -2.53. The maximum Gasteiger partial charge on any atom is 0.235 e. The minimum atomic E-state index is -0.779. The van der Waals surface area contributed by atoms with Gasteiger partial charge in [0.25, 0.3) is 0 Å². The highest BCUT2D eigenvalue weighted by Crippen LogP contribution is 2.70. The van der Waals surface area contributed by atoms with Gasteiger partial charge in [0, 0.05) is 18.5 Å². The van der Waals surface area contributed by atoms with Gasteiger partial charge in [-0.1, -0.05) is 32.9 Å². The average molecular weight is 387 g/mol. The summed E-state index contributed by atoms with van der Waals surface area (Å²) in [5.41, 5.74) is 1.98. The molecule has 0 saturated heterocycles. The molecule has 2 unspecified atom stereocenters. The second-order valence-corrected chi connectivity index (χ2v) is 8.88. The summed E-state index contributed by atoms with van der Waals surface area (Å²) in [6.07, 6.45) is 2.09. The maximum absolute atomic E-state index is 14.0. The van der Waals surface area contributed by atoms with E-state index in [1.165, 1.54) is 0 Å². The number of carbonyl (C=O) groups is 1. The molecule has 2 aliphatic rings. The fraction of sp³-hybridized carbons (Fsp3) is 0.522. The Hall–Kier alpha value is -2.99. The number of nitriles is 2. The molecule has 1 amide bonds. The molecule has 1 aromatic heterocycles. The monoisotopic (exact) mass is 387 g/mol. The molecule has 0 N–H and O–H groups in total. The van der Waals surface area contributed by atoms with E-state index < -0.39 is 5.41 Å². The van der Waals surface area contributed by atoms with Crippen molar-refractivity contribution in [3.05, 3.63) is 35.7 Å². The van der Waals surface area contributed by atoms with Crippen molar-refractivity contribution in [2.45, 2.75) is 57.3 Å². The number of aromatic nitrogens is 2. The molecule has 6 nitrogen and oxygen atoms in total. The molecule has 2 aromatic rings. The minimum Gasteiger partial charge on any atom is -0.340 e. The predicted octanol–water partition coefficient (Wildman–Crippen LogP) is 3.61. The molecule has 1 fully saturated rings. The topological polar surface area (TPSA) is 93.7 Å². The third kappa shape index (κ3) is 2.35. The van der Waals surface area contributed by atoms with Crippen LogP contribution in [0.25, 0.3) is 11.0 Å². The standard InChI is InChI=1S/C23H25N5O/c1-21(2)22(3)10-11-23(21,20(29)28(14-6-12-24)15-7-13-25)19-18(22)26-16-8-4-5-9-17(16)27-19/h4-5,8-9H,6-7,10-11,14-15H2,1-3H3. The van der Waals surface area contributed by atoms with Crippen molar-refractivity contribution in [3.63, 3.8) is 0 Å². The van der Waals surface area contributed by atoms with Gasteiger partial charge >= 0.3 is 0 Å². The summed E-state index contributed by atoms with van der Waals surface area (Å²) in [5, 5.41) is 18.1. The number of hydrogen-bond acceptors (Lipinski definition) is 5. The van der Waals surface area contributed by atoms with E-state index in [1.54, 1.807) is 4.90 Å². The lowest BCUT2D eigenvalue weighted by Gasteiger charge is -2.42. The SMILES string of the molecule is CC12CCC(C(=O)N(CCC#N)CCC#N)(c3nc4ccccc4nc31)C2(C)C. The Balaban J connectivity index is 1.90. The van der Waals surface area contributed by atoms with Crippen LogP contribution in [0, 0.1) is 28.1 Å². The van der Waals surface area contributed by atoms with Gasteiger partial charge in [0.1, 0.15) is 0 Å². The highest BCUT2D eigenvalue weighted by atomic mass is 16.2. The Kier molecular flexibility index (Phi) is 4.35. The van der Waals surface area contributed by atoms with E-state index in [9.17, 15) is 4.79 Å². The fourth-order valence-corrected chi connectivity index (χ4v) is 5.47. The number of rotatable bonds is 5. The van der Waals surface area contributed by atoms with E-state index in [2.05, 4.69) is 32.9 Å². The normalized spacial score (nSPS) is 26.0. The molecule has 2 bridgehead atoms. The van der Waals surface area contributed by atoms with Crippen LogP contribution in [0.1, 0.15) is 57.8 Å². The van der Waals surface area contributed by atoms with Gasteiger partial charge in [0.15, 0.2) is 0 Å². The van der Waals surface area contributed by atoms with Crippen LogP contribution in [0.3, 0.4) is 0 Å². The molecule has 1 heterocycles. The van der Waals surface area contributed by atoms with Crippen molar-refractivity contribution >= 4 is 16.9 Å². The van der Waals surface area contributed by atoms with Crippen molar-refractivity contribution in [2.24, 2.45) is 5.41 Å². The van der Waals surface area contributed by atoms with Gasteiger partial charge in [-0.25, -0.2) is 9.97 Å². The number of benzene rings is 1. The zero-order chi connectivity index (χ0) is 20.9. The molecular weight excluding hydrogens is 362 g/mol. The van der Waals surface area contributed by atoms with Gasteiger partial charge < -0.3 is 4.90 Å². The second-order valence-electron chi connectivity index (χ2n) is 8.88. The first-order valence-electron chi connectivity index (χ1n) is 10.1. The zero-order valence-corrected chi connectivity index (χ0v) is 17.2. The number of amides is 1. The molecule has 2 aliphatic carbocycles. The summed E-state index contributed by atoms with van der Waals surface area (Å²) in [6, 6.07) is 12.0. The van der Waals surface area contributed by atoms with Crippen LogP contribution in [-0.2, 0) is 15.6 Å². The molecule has 0 aliphatic heterocycles.